The summed E-state index contributed by atoms with van der Waals surface area (Å²) in [5.74, 6) is -0.294. The maximum atomic E-state index is 11.9. The summed E-state index contributed by atoms with van der Waals surface area (Å²) >= 11 is 0. The van der Waals surface area contributed by atoms with Gasteiger partial charge in [-0.25, -0.2) is 0 Å². The van der Waals surface area contributed by atoms with E-state index >= 15 is 0 Å². The predicted molar refractivity (Wildman–Crippen MR) is 60.1 cm³/mol. The second kappa shape index (κ2) is 5.14. The highest BCUT2D eigenvalue weighted by molar-refractivity contribution is 5.93. The Morgan fingerprint density at radius 1 is 1.50 bits per heavy atom. The average Bonchev–Trinajstić information content (AvgIpc) is 2.76. The summed E-state index contributed by atoms with van der Waals surface area (Å²) in [5.41, 5.74) is -0.462. The summed E-state index contributed by atoms with van der Waals surface area (Å²) in [5, 5.41) is 20.8. The Hall–Kier alpha value is -1.33. The lowest BCUT2D eigenvalue weighted by atomic mass is 10.1. The van der Waals surface area contributed by atoms with Crippen LogP contribution in [0.4, 0.5) is 0 Å². The molecule has 1 amide bonds. The van der Waals surface area contributed by atoms with Crippen molar-refractivity contribution in [1.82, 2.24) is 9.88 Å². The maximum Gasteiger partial charge on any atom is 0.268 e. The van der Waals surface area contributed by atoms with Gasteiger partial charge in [-0.1, -0.05) is 0 Å². The topological polar surface area (TPSA) is 74.5 Å². The lowest BCUT2D eigenvalue weighted by Crippen LogP contribution is -2.52. The Morgan fingerprint density at radius 3 is 2.62 bits per heavy atom. The van der Waals surface area contributed by atoms with Gasteiger partial charge in [-0.2, -0.15) is 0 Å². The monoisotopic (exact) mass is 226 g/mol. The molecule has 0 atom stereocenters. The Kier molecular flexibility index (Phi) is 4.09. The van der Waals surface area contributed by atoms with Crippen LogP contribution in [0.2, 0.25) is 0 Å². The van der Waals surface area contributed by atoms with E-state index in [1.807, 2.05) is 13.1 Å². The van der Waals surface area contributed by atoms with E-state index in [1.54, 1.807) is 23.6 Å². The van der Waals surface area contributed by atoms with E-state index < -0.39 is 5.54 Å². The third-order valence-corrected chi connectivity index (χ3v) is 2.52. The van der Waals surface area contributed by atoms with E-state index in [2.05, 4.69) is 5.32 Å². The molecule has 0 fully saturated rings. The summed E-state index contributed by atoms with van der Waals surface area (Å²) in [6.07, 6.45) is 1.81. The van der Waals surface area contributed by atoms with Crippen molar-refractivity contribution in [2.24, 2.45) is 0 Å². The van der Waals surface area contributed by atoms with Gasteiger partial charge in [0.05, 0.1) is 18.8 Å². The van der Waals surface area contributed by atoms with Crippen LogP contribution in [0.5, 0.6) is 0 Å². The fourth-order valence-corrected chi connectivity index (χ4v) is 1.36. The molecule has 5 nitrogen and oxygen atoms in total. The summed E-state index contributed by atoms with van der Waals surface area (Å²) in [7, 11) is 0. The van der Waals surface area contributed by atoms with Crippen molar-refractivity contribution < 1.29 is 15.0 Å². The van der Waals surface area contributed by atoms with Crippen LogP contribution < -0.4 is 5.32 Å². The van der Waals surface area contributed by atoms with Gasteiger partial charge in [0.2, 0.25) is 0 Å². The Bertz CT molecular complexity index is 356. The molecule has 1 aromatic heterocycles. The van der Waals surface area contributed by atoms with Crippen molar-refractivity contribution >= 4 is 5.91 Å². The van der Waals surface area contributed by atoms with Gasteiger partial charge in [0, 0.05) is 12.7 Å². The fourth-order valence-electron chi connectivity index (χ4n) is 1.36. The number of nitrogens with zero attached hydrogens (tertiary/aromatic N) is 1. The Morgan fingerprint density at radius 2 is 2.12 bits per heavy atom. The molecule has 0 bridgehead atoms. The molecule has 3 N–H and O–H groups in total. The number of nitrogens with one attached hydrogen (secondary N) is 1. The third-order valence-electron chi connectivity index (χ3n) is 2.52. The summed E-state index contributed by atoms with van der Waals surface area (Å²) in [4.78, 5) is 11.9. The fraction of sp³-hybridized carbons (Fsp3) is 0.545. The van der Waals surface area contributed by atoms with Gasteiger partial charge in [0.15, 0.2) is 0 Å². The van der Waals surface area contributed by atoms with E-state index in [9.17, 15) is 4.79 Å². The summed E-state index contributed by atoms with van der Waals surface area (Å²) in [6, 6.07) is 3.49. The van der Waals surface area contributed by atoms with Gasteiger partial charge in [-0.05, 0) is 26.0 Å². The Balaban J connectivity index is 2.80. The van der Waals surface area contributed by atoms with E-state index in [1.165, 1.54) is 0 Å². The number of aliphatic hydroxyl groups excluding tert-OH is 2. The van der Waals surface area contributed by atoms with Crippen LogP contribution >= 0.6 is 0 Å². The molecular weight excluding hydrogens is 208 g/mol. The molecule has 16 heavy (non-hydrogen) atoms. The highest BCUT2D eigenvalue weighted by Gasteiger charge is 2.25. The van der Waals surface area contributed by atoms with E-state index in [0.29, 0.717) is 12.2 Å². The third kappa shape index (κ3) is 2.62. The van der Waals surface area contributed by atoms with Gasteiger partial charge < -0.3 is 20.1 Å². The molecule has 0 unspecified atom stereocenters. The quantitative estimate of drug-likeness (QED) is 0.660. The minimum Gasteiger partial charge on any atom is -0.394 e. The summed E-state index contributed by atoms with van der Waals surface area (Å²) in [6.45, 7) is 3.62. The van der Waals surface area contributed by atoms with Gasteiger partial charge in [0.1, 0.15) is 5.69 Å². The molecule has 0 spiro atoms. The molecule has 0 aliphatic carbocycles. The summed E-state index contributed by atoms with van der Waals surface area (Å²) < 4.78 is 1.80. The normalized spacial score (nSPS) is 11.5. The van der Waals surface area contributed by atoms with Gasteiger partial charge in [-0.3, -0.25) is 4.79 Å². The number of aryl methyl sites for hydroxylation is 1. The average molecular weight is 226 g/mol. The number of aliphatic hydroxyl groups is 2. The first-order chi connectivity index (χ1) is 7.56. The minimum absolute atomic E-state index is 0.294. The van der Waals surface area contributed by atoms with Crippen molar-refractivity contribution in [3.8, 4) is 0 Å². The zero-order valence-electron chi connectivity index (χ0n) is 9.60. The molecule has 0 saturated carbocycles. The van der Waals surface area contributed by atoms with Gasteiger partial charge in [0.25, 0.3) is 5.91 Å². The van der Waals surface area contributed by atoms with Crippen molar-refractivity contribution in [3.05, 3.63) is 24.0 Å². The first-order valence-corrected chi connectivity index (χ1v) is 5.25. The highest BCUT2D eigenvalue weighted by Crippen LogP contribution is 2.06. The molecule has 5 heteroatoms. The number of hydrogen-bond donors (Lipinski definition) is 3. The highest BCUT2D eigenvalue weighted by atomic mass is 16.3. The second-order valence-corrected chi connectivity index (χ2v) is 4.01. The molecule has 0 aliphatic rings. The molecular formula is C11H18N2O3. The van der Waals surface area contributed by atoms with Gasteiger partial charge in [-0.15, -0.1) is 0 Å². The smallest absolute Gasteiger partial charge is 0.268 e. The minimum atomic E-state index is -0.986. The second-order valence-electron chi connectivity index (χ2n) is 4.01. The molecule has 0 aliphatic heterocycles. The van der Waals surface area contributed by atoms with Crippen molar-refractivity contribution in [2.45, 2.75) is 25.9 Å². The van der Waals surface area contributed by atoms with Crippen molar-refractivity contribution in [2.75, 3.05) is 13.2 Å². The zero-order valence-corrected chi connectivity index (χ0v) is 9.60. The molecule has 90 valence electrons. The zero-order chi connectivity index (χ0) is 12.2. The largest absolute Gasteiger partial charge is 0.394 e. The SMILES string of the molecule is CCn1cccc1C(=O)NC(C)(CO)CO. The lowest BCUT2D eigenvalue weighted by Gasteiger charge is -2.26. The molecule has 0 saturated heterocycles. The first-order valence-electron chi connectivity index (χ1n) is 5.25. The number of carbonyl (C=O) groups excluding carboxylic acids is 1. The molecule has 1 heterocycles. The van der Waals surface area contributed by atoms with Gasteiger partial charge >= 0.3 is 0 Å². The van der Waals surface area contributed by atoms with Crippen molar-refractivity contribution in [3.63, 3.8) is 0 Å². The van der Waals surface area contributed by atoms with Crippen LogP contribution in [-0.4, -0.2) is 39.4 Å². The number of hydrogen-bond acceptors (Lipinski definition) is 3. The Labute approximate surface area is 94.7 Å². The van der Waals surface area contributed by atoms with Crippen LogP contribution in [0.25, 0.3) is 0 Å². The van der Waals surface area contributed by atoms with E-state index in [-0.39, 0.29) is 19.1 Å². The van der Waals surface area contributed by atoms with Crippen LogP contribution in [0.15, 0.2) is 18.3 Å². The van der Waals surface area contributed by atoms with Crippen LogP contribution in [0.3, 0.4) is 0 Å². The predicted octanol–water partition coefficient (Wildman–Crippen LogP) is -0.0189. The molecule has 1 aromatic rings. The van der Waals surface area contributed by atoms with Crippen molar-refractivity contribution in [1.29, 1.82) is 0 Å². The number of carbonyl (C=O) groups is 1. The lowest BCUT2D eigenvalue weighted by molar-refractivity contribution is 0.0716. The number of aromatic nitrogens is 1. The number of amides is 1. The number of rotatable bonds is 5. The van der Waals surface area contributed by atoms with E-state index in [4.69, 9.17) is 10.2 Å². The van der Waals surface area contributed by atoms with Crippen LogP contribution in [-0.2, 0) is 6.54 Å². The molecule has 0 radical (unpaired) electrons. The standard InChI is InChI=1S/C11H18N2O3/c1-3-13-6-4-5-9(13)10(16)12-11(2,7-14)8-15/h4-6,14-15H,3,7-8H2,1-2H3,(H,12,16). The van der Waals surface area contributed by atoms with Crippen LogP contribution in [0, 0.1) is 0 Å². The molecule has 0 aromatic carbocycles. The first kappa shape index (κ1) is 12.7. The molecule has 1 rings (SSSR count). The van der Waals surface area contributed by atoms with E-state index in [0.717, 1.165) is 0 Å². The maximum absolute atomic E-state index is 11.9. The van der Waals surface area contributed by atoms with Crippen LogP contribution in [0.1, 0.15) is 24.3 Å².